The second kappa shape index (κ2) is 14.0. The lowest BCUT2D eigenvalue weighted by molar-refractivity contribution is 0.0378. The summed E-state index contributed by atoms with van der Waals surface area (Å²) < 4.78 is 19.5. The number of alkyl carbamates (subject to hydrolysis) is 1. The molecule has 5 aromatic rings. The zero-order valence-electron chi connectivity index (χ0n) is 25.7. The highest BCUT2D eigenvalue weighted by molar-refractivity contribution is 6.02. The maximum atomic E-state index is 12.6. The first kappa shape index (κ1) is 29.8. The number of amides is 1. The number of hydrogen-bond donors (Lipinski definition) is 2. The van der Waals surface area contributed by atoms with Crippen molar-refractivity contribution in [2.75, 3.05) is 44.7 Å². The number of morpholine rings is 1. The predicted octanol–water partition coefficient (Wildman–Crippen LogP) is 6.79. The van der Waals surface area contributed by atoms with Crippen molar-refractivity contribution in [3.05, 3.63) is 97.5 Å². The minimum Gasteiger partial charge on any atom is -0.457 e. The third-order valence-electron chi connectivity index (χ3n) is 8.62. The Balaban J connectivity index is 1.11. The molecule has 0 radical (unpaired) electrons. The molecule has 7 rings (SSSR count). The summed E-state index contributed by atoms with van der Waals surface area (Å²) in [5.41, 5.74) is 3.83. The Hall–Kier alpha value is -4.93. The number of benzene rings is 3. The molecular weight excluding hydrogens is 580 g/mol. The Morgan fingerprint density at radius 2 is 1.63 bits per heavy atom. The molecule has 10 nitrogen and oxygen atoms in total. The van der Waals surface area contributed by atoms with E-state index >= 15 is 0 Å². The molecule has 2 atom stereocenters. The van der Waals surface area contributed by atoms with Crippen molar-refractivity contribution in [1.82, 2.24) is 24.8 Å². The number of rotatable bonds is 10. The van der Waals surface area contributed by atoms with Gasteiger partial charge in [-0.15, -0.1) is 0 Å². The number of nitrogens with zero attached hydrogens (tertiary/aromatic N) is 4. The van der Waals surface area contributed by atoms with E-state index in [0.717, 1.165) is 97.3 Å². The van der Waals surface area contributed by atoms with Gasteiger partial charge < -0.3 is 29.4 Å². The van der Waals surface area contributed by atoms with Crippen LogP contribution in [0.3, 0.4) is 0 Å². The smallest absolute Gasteiger partial charge is 0.407 e. The van der Waals surface area contributed by atoms with Crippen LogP contribution in [0, 0.1) is 0 Å². The van der Waals surface area contributed by atoms with Crippen LogP contribution >= 0.6 is 0 Å². The predicted molar refractivity (Wildman–Crippen MR) is 178 cm³/mol. The molecule has 3 heterocycles. The Kier molecular flexibility index (Phi) is 9.07. The molecule has 2 aliphatic rings. The molecule has 2 unspecified atom stereocenters. The minimum atomic E-state index is -0.355. The molecule has 10 heteroatoms. The van der Waals surface area contributed by atoms with E-state index in [1.807, 2.05) is 72.8 Å². The van der Waals surface area contributed by atoms with E-state index in [0.29, 0.717) is 6.54 Å². The van der Waals surface area contributed by atoms with Gasteiger partial charge in [-0.25, -0.2) is 14.8 Å². The van der Waals surface area contributed by atoms with Crippen LogP contribution in [0.5, 0.6) is 11.5 Å². The molecule has 2 aromatic heterocycles. The van der Waals surface area contributed by atoms with Crippen molar-refractivity contribution in [2.24, 2.45) is 0 Å². The van der Waals surface area contributed by atoms with Crippen LogP contribution in [0.2, 0.25) is 0 Å². The number of ether oxygens (including phenoxy) is 3. The average molecular weight is 619 g/mol. The topological polar surface area (TPSA) is 103 Å². The highest BCUT2D eigenvalue weighted by atomic mass is 16.6. The summed E-state index contributed by atoms with van der Waals surface area (Å²) >= 11 is 0. The van der Waals surface area contributed by atoms with Crippen LogP contribution in [0.15, 0.2) is 97.5 Å². The molecular formula is C36H38N6O4. The summed E-state index contributed by atoms with van der Waals surface area (Å²) in [5.74, 6) is 2.29. The molecule has 1 amide bonds. The molecule has 1 aliphatic carbocycles. The van der Waals surface area contributed by atoms with E-state index in [1.54, 1.807) is 6.33 Å². The number of hydrogen-bond acceptors (Lipinski definition) is 8. The average Bonchev–Trinajstić information content (AvgIpc) is 3.72. The molecule has 2 N–H and O–H groups in total. The normalized spacial score (nSPS) is 18.3. The summed E-state index contributed by atoms with van der Waals surface area (Å²) in [7, 11) is 0. The van der Waals surface area contributed by atoms with Gasteiger partial charge in [-0.2, -0.15) is 0 Å². The van der Waals surface area contributed by atoms with Gasteiger partial charge in [-0.05, 0) is 54.8 Å². The number of aromatic nitrogens is 3. The van der Waals surface area contributed by atoms with Gasteiger partial charge >= 0.3 is 6.09 Å². The van der Waals surface area contributed by atoms with Gasteiger partial charge in [0.25, 0.3) is 0 Å². The summed E-state index contributed by atoms with van der Waals surface area (Å²) in [6, 6.07) is 28.0. The molecule has 236 valence electrons. The van der Waals surface area contributed by atoms with Crippen molar-refractivity contribution in [3.63, 3.8) is 0 Å². The number of anilines is 2. The zero-order chi connectivity index (χ0) is 31.1. The fourth-order valence-electron chi connectivity index (χ4n) is 6.27. The second-order valence-electron chi connectivity index (χ2n) is 11.7. The van der Waals surface area contributed by atoms with Crippen molar-refractivity contribution in [2.45, 2.75) is 31.4 Å². The van der Waals surface area contributed by atoms with E-state index in [9.17, 15) is 4.79 Å². The van der Waals surface area contributed by atoms with Crippen LogP contribution in [-0.2, 0) is 9.47 Å². The Morgan fingerprint density at radius 3 is 2.41 bits per heavy atom. The Labute approximate surface area is 268 Å². The van der Waals surface area contributed by atoms with Crippen molar-refractivity contribution in [1.29, 1.82) is 0 Å². The molecule has 46 heavy (non-hydrogen) atoms. The first-order chi connectivity index (χ1) is 22.7. The van der Waals surface area contributed by atoms with Gasteiger partial charge in [-0.1, -0.05) is 48.5 Å². The highest BCUT2D eigenvalue weighted by Gasteiger charge is 2.31. The standard InChI is InChI=1S/C36H38N6O4/c43-36(37-17-18-41-19-21-44-22-20-41)46-31-16-13-28(23-31)42-24-32(26-11-14-30(15-12-26)45-29-9-5-2-6-10-29)33-34(38-25-39-35(33)42)40-27-7-3-1-4-8-27/h1-12,14-15,24-25,28,31H,13,16-23H2,(H,37,43)(H,38,39,40). The van der Waals surface area contributed by atoms with Crippen LogP contribution in [0.4, 0.5) is 16.3 Å². The number of carbonyl (C=O) groups is 1. The molecule has 3 aromatic carbocycles. The maximum Gasteiger partial charge on any atom is 0.407 e. The lowest BCUT2D eigenvalue weighted by atomic mass is 10.1. The highest BCUT2D eigenvalue weighted by Crippen LogP contribution is 2.41. The lowest BCUT2D eigenvalue weighted by Gasteiger charge is -2.26. The lowest BCUT2D eigenvalue weighted by Crippen LogP contribution is -2.41. The largest absolute Gasteiger partial charge is 0.457 e. The first-order valence-corrected chi connectivity index (χ1v) is 15.9. The second-order valence-corrected chi connectivity index (χ2v) is 11.7. The first-order valence-electron chi connectivity index (χ1n) is 15.9. The zero-order valence-corrected chi connectivity index (χ0v) is 25.7. The van der Waals surface area contributed by atoms with Gasteiger partial charge in [0.2, 0.25) is 0 Å². The van der Waals surface area contributed by atoms with Crippen LogP contribution in [-0.4, -0.2) is 71.0 Å². The number of carbonyl (C=O) groups excluding carboxylic acids is 1. The van der Waals surface area contributed by atoms with E-state index in [-0.39, 0.29) is 18.2 Å². The number of fused-ring (bicyclic) bond motifs is 1. The van der Waals surface area contributed by atoms with Gasteiger partial charge in [-0.3, -0.25) is 4.90 Å². The summed E-state index contributed by atoms with van der Waals surface area (Å²) in [6.07, 6.45) is 5.65. The van der Waals surface area contributed by atoms with Crippen LogP contribution < -0.4 is 15.4 Å². The van der Waals surface area contributed by atoms with Gasteiger partial charge in [0.1, 0.15) is 35.4 Å². The van der Waals surface area contributed by atoms with Gasteiger partial charge in [0, 0.05) is 56.1 Å². The van der Waals surface area contributed by atoms with Crippen molar-refractivity contribution >= 4 is 28.6 Å². The van der Waals surface area contributed by atoms with Crippen molar-refractivity contribution < 1.29 is 19.0 Å². The molecule has 0 spiro atoms. The van der Waals surface area contributed by atoms with E-state index < -0.39 is 0 Å². The number of nitrogens with one attached hydrogen (secondary N) is 2. The Bertz CT molecular complexity index is 1740. The third-order valence-corrected chi connectivity index (χ3v) is 8.62. The van der Waals surface area contributed by atoms with Crippen LogP contribution in [0.1, 0.15) is 25.3 Å². The molecule has 0 bridgehead atoms. The van der Waals surface area contributed by atoms with Crippen molar-refractivity contribution in [3.8, 4) is 22.6 Å². The summed E-state index contributed by atoms with van der Waals surface area (Å²) in [5, 5.41) is 7.37. The van der Waals surface area contributed by atoms with Crippen LogP contribution in [0.25, 0.3) is 22.2 Å². The molecule has 1 aliphatic heterocycles. The van der Waals surface area contributed by atoms with Gasteiger partial charge in [0.05, 0.1) is 18.6 Å². The molecule has 1 saturated carbocycles. The van der Waals surface area contributed by atoms with E-state index in [1.165, 1.54) is 0 Å². The SMILES string of the molecule is O=C(NCCN1CCOCC1)OC1CCC(n2cc(-c3ccc(Oc4ccccc4)cc3)c3c(Nc4ccccc4)ncnc32)C1. The Morgan fingerprint density at radius 1 is 0.891 bits per heavy atom. The van der Waals surface area contributed by atoms with E-state index in [4.69, 9.17) is 19.2 Å². The monoisotopic (exact) mass is 618 g/mol. The maximum absolute atomic E-state index is 12.6. The summed E-state index contributed by atoms with van der Waals surface area (Å²) in [6.45, 7) is 4.63. The van der Waals surface area contributed by atoms with E-state index in [2.05, 4.69) is 43.4 Å². The fraction of sp³-hybridized carbons (Fsp3) is 0.306. The molecule has 2 fully saturated rings. The third kappa shape index (κ3) is 6.98. The molecule has 1 saturated heterocycles. The quantitative estimate of drug-likeness (QED) is 0.177. The summed E-state index contributed by atoms with van der Waals surface area (Å²) in [4.78, 5) is 24.4. The number of para-hydroxylation sites is 2. The fourth-order valence-corrected chi connectivity index (χ4v) is 6.27. The van der Waals surface area contributed by atoms with Gasteiger partial charge in [0.15, 0.2) is 0 Å². The minimum absolute atomic E-state index is 0.127.